The lowest BCUT2D eigenvalue weighted by molar-refractivity contribution is -0.118. The van der Waals surface area contributed by atoms with Gasteiger partial charge >= 0.3 is 0 Å². The second-order valence-corrected chi connectivity index (χ2v) is 4.05. The van der Waals surface area contributed by atoms with E-state index in [-0.39, 0.29) is 6.54 Å². The molecule has 0 bridgehead atoms. The van der Waals surface area contributed by atoms with Crippen LogP contribution in [0.5, 0.6) is 0 Å². The average molecular weight is 245 g/mol. The Balaban J connectivity index is 1.92. The van der Waals surface area contributed by atoms with Crippen LogP contribution in [0.25, 0.3) is 0 Å². The zero-order valence-electron chi connectivity index (χ0n) is 10.1. The Morgan fingerprint density at radius 3 is 2.94 bits per heavy atom. The second kappa shape index (κ2) is 5.31. The Labute approximate surface area is 105 Å². The van der Waals surface area contributed by atoms with Crippen LogP contribution in [-0.2, 0) is 17.9 Å². The molecule has 1 amide bonds. The van der Waals surface area contributed by atoms with E-state index in [1.165, 1.54) is 4.68 Å². The highest BCUT2D eigenvalue weighted by Gasteiger charge is 2.01. The maximum atomic E-state index is 10.7. The van der Waals surface area contributed by atoms with Gasteiger partial charge in [0.15, 0.2) is 0 Å². The van der Waals surface area contributed by atoms with Gasteiger partial charge in [0.25, 0.3) is 0 Å². The summed E-state index contributed by atoms with van der Waals surface area (Å²) >= 11 is 0. The summed E-state index contributed by atoms with van der Waals surface area (Å²) < 4.78 is 1.50. The van der Waals surface area contributed by atoms with Crippen LogP contribution in [0.15, 0.2) is 30.7 Å². The molecule has 2 aromatic rings. The van der Waals surface area contributed by atoms with Crippen molar-refractivity contribution in [1.82, 2.24) is 14.8 Å². The maximum Gasteiger partial charge on any atom is 0.239 e. The van der Waals surface area contributed by atoms with Crippen molar-refractivity contribution in [2.24, 2.45) is 5.73 Å². The molecular formula is C12H15N5O. The van der Waals surface area contributed by atoms with Crippen LogP contribution < -0.4 is 11.1 Å². The predicted molar refractivity (Wildman–Crippen MR) is 67.7 cm³/mol. The monoisotopic (exact) mass is 245 g/mol. The molecule has 6 heteroatoms. The fourth-order valence-electron chi connectivity index (χ4n) is 1.51. The molecule has 0 unspecified atom stereocenters. The second-order valence-electron chi connectivity index (χ2n) is 4.05. The van der Waals surface area contributed by atoms with Crippen molar-refractivity contribution in [2.75, 3.05) is 5.32 Å². The molecule has 2 aromatic heterocycles. The first-order valence-electron chi connectivity index (χ1n) is 5.59. The SMILES string of the molecule is Cc1ccc(CNc2cnn(CC(N)=O)c2)cn1. The number of rotatable bonds is 5. The zero-order valence-corrected chi connectivity index (χ0v) is 10.1. The minimum Gasteiger partial charge on any atom is -0.378 e. The zero-order chi connectivity index (χ0) is 13.0. The molecular weight excluding hydrogens is 230 g/mol. The van der Waals surface area contributed by atoms with E-state index in [2.05, 4.69) is 15.4 Å². The normalized spacial score (nSPS) is 10.3. The summed E-state index contributed by atoms with van der Waals surface area (Å²) in [6, 6.07) is 3.98. The number of nitrogens with two attached hydrogens (primary N) is 1. The van der Waals surface area contributed by atoms with Gasteiger partial charge in [0.1, 0.15) is 6.54 Å². The van der Waals surface area contributed by atoms with Gasteiger partial charge in [0.2, 0.25) is 5.91 Å². The Kier molecular flexibility index (Phi) is 3.57. The first kappa shape index (κ1) is 12.1. The van der Waals surface area contributed by atoms with Gasteiger partial charge in [0.05, 0.1) is 11.9 Å². The number of aryl methyl sites for hydroxylation is 1. The summed E-state index contributed by atoms with van der Waals surface area (Å²) in [6.07, 6.45) is 5.23. The van der Waals surface area contributed by atoms with Crippen LogP contribution in [0.3, 0.4) is 0 Å². The molecule has 6 nitrogen and oxygen atoms in total. The highest BCUT2D eigenvalue weighted by Crippen LogP contribution is 2.07. The number of aromatic nitrogens is 3. The van der Waals surface area contributed by atoms with E-state index in [1.807, 2.05) is 25.3 Å². The first-order chi connectivity index (χ1) is 8.63. The number of carbonyl (C=O) groups is 1. The Morgan fingerprint density at radius 2 is 2.28 bits per heavy atom. The van der Waals surface area contributed by atoms with Crippen LogP contribution in [-0.4, -0.2) is 20.7 Å². The van der Waals surface area contributed by atoms with Gasteiger partial charge in [-0.15, -0.1) is 0 Å². The van der Waals surface area contributed by atoms with Gasteiger partial charge < -0.3 is 11.1 Å². The van der Waals surface area contributed by atoms with E-state index in [9.17, 15) is 4.79 Å². The van der Waals surface area contributed by atoms with E-state index in [0.29, 0.717) is 6.54 Å². The van der Waals surface area contributed by atoms with Crippen molar-refractivity contribution in [3.63, 3.8) is 0 Å². The lowest BCUT2D eigenvalue weighted by Crippen LogP contribution is -2.18. The summed E-state index contributed by atoms with van der Waals surface area (Å²) in [7, 11) is 0. The van der Waals surface area contributed by atoms with E-state index in [4.69, 9.17) is 5.73 Å². The van der Waals surface area contributed by atoms with Gasteiger partial charge in [-0.25, -0.2) is 0 Å². The number of pyridine rings is 1. The average Bonchev–Trinajstić information content (AvgIpc) is 2.75. The molecule has 0 saturated heterocycles. The number of anilines is 1. The Morgan fingerprint density at radius 1 is 1.44 bits per heavy atom. The number of primary amides is 1. The lowest BCUT2D eigenvalue weighted by Gasteiger charge is -2.03. The van der Waals surface area contributed by atoms with E-state index in [0.717, 1.165) is 16.9 Å². The van der Waals surface area contributed by atoms with Crippen molar-refractivity contribution >= 4 is 11.6 Å². The van der Waals surface area contributed by atoms with Crippen LogP contribution in [0, 0.1) is 6.92 Å². The van der Waals surface area contributed by atoms with Crippen LogP contribution >= 0.6 is 0 Å². The molecule has 0 radical (unpaired) electrons. The largest absolute Gasteiger partial charge is 0.378 e. The number of amides is 1. The molecule has 0 aliphatic heterocycles. The molecule has 2 heterocycles. The van der Waals surface area contributed by atoms with Gasteiger partial charge in [0, 0.05) is 24.6 Å². The maximum absolute atomic E-state index is 10.7. The smallest absolute Gasteiger partial charge is 0.239 e. The van der Waals surface area contributed by atoms with Gasteiger partial charge in [-0.1, -0.05) is 6.07 Å². The topological polar surface area (TPSA) is 85.8 Å². The molecule has 0 aliphatic carbocycles. The fraction of sp³-hybridized carbons (Fsp3) is 0.250. The molecule has 0 fully saturated rings. The summed E-state index contributed by atoms with van der Waals surface area (Å²) in [5.41, 5.74) is 8.01. The summed E-state index contributed by atoms with van der Waals surface area (Å²) in [5, 5.41) is 7.22. The molecule has 0 aromatic carbocycles. The number of nitrogens with zero attached hydrogens (tertiary/aromatic N) is 3. The molecule has 0 atom stereocenters. The van der Waals surface area contributed by atoms with Gasteiger partial charge in [-0.3, -0.25) is 14.5 Å². The molecule has 2 rings (SSSR count). The van der Waals surface area contributed by atoms with Crippen molar-refractivity contribution in [3.05, 3.63) is 42.0 Å². The minimum absolute atomic E-state index is 0.0910. The van der Waals surface area contributed by atoms with Gasteiger partial charge in [-0.2, -0.15) is 5.10 Å². The molecule has 18 heavy (non-hydrogen) atoms. The third-order valence-corrected chi connectivity index (χ3v) is 2.42. The number of carbonyl (C=O) groups excluding carboxylic acids is 1. The van der Waals surface area contributed by atoms with Crippen LogP contribution in [0.1, 0.15) is 11.3 Å². The molecule has 3 N–H and O–H groups in total. The quantitative estimate of drug-likeness (QED) is 0.811. The van der Waals surface area contributed by atoms with E-state index >= 15 is 0 Å². The summed E-state index contributed by atoms with van der Waals surface area (Å²) in [5.74, 6) is -0.410. The molecule has 0 spiro atoms. The highest BCUT2D eigenvalue weighted by atomic mass is 16.1. The van der Waals surface area contributed by atoms with Crippen molar-refractivity contribution in [3.8, 4) is 0 Å². The summed E-state index contributed by atoms with van der Waals surface area (Å²) in [6.45, 7) is 2.70. The van der Waals surface area contributed by atoms with E-state index in [1.54, 1.807) is 12.4 Å². The highest BCUT2D eigenvalue weighted by molar-refractivity contribution is 5.73. The Bertz CT molecular complexity index is 532. The Hall–Kier alpha value is -2.37. The van der Waals surface area contributed by atoms with Crippen molar-refractivity contribution < 1.29 is 4.79 Å². The standard InChI is InChI=1S/C12H15N5O/c1-9-2-3-10(4-14-9)5-15-11-6-16-17(7-11)8-12(13)18/h2-4,6-7,15H,5,8H2,1H3,(H2,13,18). The number of nitrogens with one attached hydrogen (secondary N) is 1. The molecule has 0 aliphatic rings. The number of hydrogen-bond donors (Lipinski definition) is 2. The van der Waals surface area contributed by atoms with Crippen molar-refractivity contribution in [1.29, 1.82) is 0 Å². The third-order valence-electron chi connectivity index (χ3n) is 2.42. The van der Waals surface area contributed by atoms with E-state index < -0.39 is 5.91 Å². The van der Waals surface area contributed by atoms with Gasteiger partial charge in [-0.05, 0) is 18.6 Å². The number of hydrogen-bond acceptors (Lipinski definition) is 4. The first-order valence-corrected chi connectivity index (χ1v) is 5.59. The summed E-state index contributed by atoms with van der Waals surface area (Å²) in [4.78, 5) is 14.9. The molecule has 94 valence electrons. The molecule has 0 saturated carbocycles. The predicted octanol–water partition coefficient (Wildman–Crippen LogP) is 0.684. The van der Waals surface area contributed by atoms with Crippen molar-refractivity contribution in [2.45, 2.75) is 20.0 Å². The van der Waals surface area contributed by atoms with Crippen LogP contribution in [0.4, 0.5) is 5.69 Å². The van der Waals surface area contributed by atoms with Crippen LogP contribution in [0.2, 0.25) is 0 Å². The third kappa shape index (κ3) is 3.31. The minimum atomic E-state index is -0.410. The lowest BCUT2D eigenvalue weighted by atomic mass is 10.2. The fourth-order valence-corrected chi connectivity index (χ4v) is 1.51.